The van der Waals surface area contributed by atoms with Gasteiger partial charge < -0.3 is 14.6 Å². The lowest BCUT2D eigenvalue weighted by Crippen LogP contribution is -2.36. The number of aromatic nitrogens is 1. The molecule has 1 aliphatic carbocycles. The molecular formula is C28H28ClN3O2S2. The van der Waals surface area contributed by atoms with Crippen molar-refractivity contribution in [2.45, 2.75) is 49.2 Å². The van der Waals surface area contributed by atoms with Gasteiger partial charge in [0.2, 0.25) is 0 Å². The van der Waals surface area contributed by atoms with Crippen LogP contribution in [0.3, 0.4) is 0 Å². The lowest BCUT2D eigenvalue weighted by atomic mass is 10.0. The van der Waals surface area contributed by atoms with Crippen LogP contribution in [0.1, 0.15) is 29.9 Å². The molecule has 2 aromatic carbocycles. The molecule has 1 aliphatic rings. The molecule has 0 unspecified atom stereocenters. The number of carbonyl (C=O) groups excluding carboxylic acids is 1. The predicted octanol–water partition coefficient (Wildman–Crippen LogP) is 8.41. The van der Waals surface area contributed by atoms with Crippen molar-refractivity contribution in [3.05, 3.63) is 70.6 Å². The fraction of sp³-hybridized carbons (Fsp3) is 0.286. The number of nitrogens with one attached hydrogen (secondary N) is 1. The first-order valence-corrected chi connectivity index (χ1v) is 14.7. The number of anilines is 1. The van der Waals surface area contributed by atoms with E-state index in [-0.39, 0.29) is 12.1 Å². The standard InChI is InChI=1S/C28H28ClN3O2S2/c1-16-5-12-22-21(13-16)25(18-6-8-19(29)9-7-18)23(34-22)15-32(20-10-11-20)28(33)31-26-24(35-3)14-17(2)30-27(26)36-4/h5-9,12-14,20H,10-11,15H2,1-4H3,(H,31,33). The van der Waals surface area contributed by atoms with Crippen LogP contribution in [-0.2, 0) is 6.54 Å². The highest BCUT2D eigenvalue weighted by Gasteiger charge is 2.35. The monoisotopic (exact) mass is 537 g/mol. The van der Waals surface area contributed by atoms with E-state index < -0.39 is 0 Å². The second kappa shape index (κ2) is 10.4. The van der Waals surface area contributed by atoms with E-state index in [9.17, 15) is 4.79 Å². The Labute approximate surface area is 225 Å². The minimum atomic E-state index is -0.132. The molecule has 0 saturated heterocycles. The minimum Gasteiger partial charge on any atom is -0.459 e. The summed E-state index contributed by atoms with van der Waals surface area (Å²) in [5.74, 6) is 0.775. The Balaban J connectivity index is 1.52. The molecule has 0 aliphatic heterocycles. The summed E-state index contributed by atoms with van der Waals surface area (Å²) in [5, 5.41) is 5.73. The fourth-order valence-corrected chi connectivity index (χ4v) is 5.86. The third-order valence-corrected chi connectivity index (χ3v) is 8.03. The number of amides is 2. The summed E-state index contributed by atoms with van der Waals surface area (Å²) < 4.78 is 6.38. The molecule has 2 heterocycles. The van der Waals surface area contributed by atoms with Crippen molar-refractivity contribution < 1.29 is 9.21 Å². The van der Waals surface area contributed by atoms with Crippen molar-refractivity contribution in [1.82, 2.24) is 9.88 Å². The Morgan fingerprint density at radius 2 is 1.86 bits per heavy atom. The molecule has 0 bridgehead atoms. The first-order chi connectivity index (χ1) is 17.4. The van der Waals surface area contributed by atoms with Crippen molar-refractivity contribution in [2.75, 3.05) is 17.8 Å². The Hall–Kier alpha value is -2.61. The zero-order valence-corrected chi connectivity index (χ0v) is 23.1. The summed E-state index contributed by atoms with van der Waals surface area (Å²) in [4.78, 5) is 21.2. The normalized spacial score (nSPS) is 13.2. The molecule has 2 aromatic heterocycles. The summed E-state index contributed by atoms with van der Waals surface area (Å²) in [6, 6.07) is 16.1. The molecule has 5 nitrogen and oxygen atoms in total. The first kappa shape index (κ1) is 25.1. The van der Waals surface area contributed by atoms with Gasteiger partial charge in [0.15, 0.2) is 0 Å². The number of fused-ring (bicyclic) bond motifs is 1. The van der Waals surface area contributed by atoms with Gasteiger partial charge in [0.05, 0.1) is 12.2 Å². The average Bonchev–Trinajstić information content (AvgIpc) is 3.65. The third-order valence-electron chi connectivity index (χ3n) is 6.34. The quantitative estimate of drug-likeness (QED) is 0.240. The van der Waals surface area contributed by atoms with Gasteiger partial charge in [-0.15, -0.1) is 23.5 Å². The number of halogens is 1. The van der Waals surface area contributed by atoms with Crippen molar-refractivity contribution in [2.24, 2.45) is 0 Å². The van der Waals surface area contributed by atoms with Gasteiger partial charge in [-0.05, 0) is 75.1 Å². The van der Waals surface area contributed by atoms with Crippen molar-refractivity contribution in [1.29, 1.82) is 0 Å². The number of carbonyl (C=O) groups is 1. The summed E-state index contributed by atoms with van der Waals surface area (Å²) >= 11 is 9.32. The smallest absolute Gasteiger partial charge is 0.322 e. The number of furan rings is 1. The van der Waals surface area contributed by atoms with E-state index >= 15 is 0 Å². The Kier molecular flexibility index (Phi) is 7.24. The highest BCUT2D eigenvalue weighted by Crippen LogP contribution is 2.39. The van der Waals surface area contributed by atoms with Crippen LogP contribution in [0.5, 0.6) is 0 Å². The third kappa shape index (κ3) is 5.10. The van der Waals surface area contributed by atoms with Crippen LogP contribution in [0.25, 0.3) is 22.1 Å². The maximum absolute atomic E-state index is 13.7. The fourth-order valence-electron chi connectivity index (χ4n) is 4.43. The summed E-state index contributed by atoms with van der Waals surface area (Å²) in [7, 11) is 0. The molecule has 0 radical (unpaired) electrons. The zero-order chi connectivity index (χ0) is 25.4. The lowest BCUT2D eigenvalue weighted by Gasteiger charge is -2.24. The zero-order valence-electron chi connectivity index (χ0n) is 20.7. The molecule has 0 atom stereocenters. The SMILES string of the molecule is CSc1cc(C)nc(SC)c1NC(=O)N(Cc1oc2ccc(C)cc2c1-c1ccc(Cl)cc1)C1CC1. The van der Waals surface area contributed by atoms with E-state index in [0.29, 0.717) is 11.6 Å². The Morgan fingerprint density at radius 1 is 1.11 bits per heavy atom. The van der Waals surface area contributed by atoms with Gasteiger partial charge >= 0.3 is 6.03 Å². The van der Waals surface area contributed by atoms with Crippen LogP contribution >= 0.6 is 35.1 Å². The highest BCUT2D eigenvalue weighted by molar-refractivity contribution is 7.99. The van der Waals surface area contributed by atoms with Crippen LogP contribution in [0.2, 0.25) is 5.02 Å². The van der Waals surface area contributed by atoms with E-state index in [4.69, 9.17) is 16.0 Å². The largest absolute Gasteiger partial charge is 0.459 e. The molecule has 186 valence electrons. The Morgan fingerprint density at radius 3 is 2.53 bits per heavy atom. The van der Waals surface area contributed by atoms with Gasteiger partial charge in [-0.2, -0.15) is 0 Å². The number of nitrogens with zero attached hydrogens (tertiary/aromatic N) is 2. The van der Waals surface area contributed by atoms with Gasteiger partial charge in [0.25, 0.3) is 0 Å². The molecule has 0 spiro atoms. The van der Waals surface area contributed by atoms with E-state index in [1.54, 1.807) is 11.8 Å². The first-order valence-electron chi connectivity index (χ1n) is 11.8. The van der Waals surface area contributed by atoms with E-state index in [0.717, 1.165) is 67.6 Å². The number of rotatable bonds is 7. The molecule has 1 fully saturated rings. The maximum Gasteiger partial charge on any atom is 0.322 e. The number of aryl methyl sites for hydroxylation is 2. The maximum atomic E-state index is 13.7. The molecular weight excluding hydrogens is 510 g/mol. The molecule has 2 amide bonds. The van der Waals surface area contributed by atoms with E-state index in [2.05, 4.69) is 23.3 Å². The number of urea groups is 1. The topological polar surface area (TPSA) is 58.4 Å². The van der Waals surface area contributed by atoms with Gasteiger partial charge in [-0.3, -0.25) is 0 Å². The molecule has 4 aromatic rings. The summed E-state index contributed by atoms with van der Waals surface area (Å²) in [6.45, 7) is 4.43. The van der Waals surface area contributed by atoms with Crippen LogP contribution in [0.15, 0.2) is 62.9 Å². The summed E-state index contributed by atoms with van der Waals surface area (Å²) in [5.41, 5.74) is 5.71. The van der Waals surface area contributed by atoms with Gasteiger partial charge in [-0.1, -0.05) is 35.4 Å². The van der Waals surface area contributed by atoms with Crippen LogP contribution in [0.4, 0.5) is 10.5 Å². The number of hydrogen-bond donors (Lipinski definition) is 1. The van der Waals surface area contributed by atoms with Gasteiger partial charge in [0.1, 0.15) is 16.4 Å². The van der Waals surface area contributed by atoms with E-state index in [1.807, 2.05) is 66.8 Å². The molecule has 1 N–H and O–H groups in total. The molecule has 36 heavy (non-hydrogen) atoms. The predicted molar refractivity (Wildman–Crippen MR) is 152 cm³/mol. The molecule has 1 saturated carbocycles. The number of benzene rings is 2. The van der Waals surface area contributed by atoms with Crippen molar-refractivity contribution >= 4 is 57.8 Å². The minimum absolute atomic E-state index is 0.132. The highest BCUT2D eigenvalue weighted by atomic mass is 35.5. The van der Waals surface area contributed by atoms with E-state index in [1.165, 1.54) is 11.8 Å². The summed E-state index contributed by atoms with van der Waals surface area (Å²) in [6.07, 6.45) is 5.97. The van der Waals surface area contributed by atoms with Crippen LogP contribution in [0, 0.1) is 13.8 Å². The van der Waals surface area contributed by atoms with Crippen LogP contribution in [-0.4, -0.2) is 34.5 Å². The molecule has 5 rings (SSSR count). The number of pyridine rings is 1. The van der Waals surface area contributed by atoms with Crippen molar-refractivity contribution in [3.63, 3.8) is 0 Å². The second-order valence-corrected chi connectivity index (χ2v) is 11.1. The van der Waals surface area contributed by atoms with Gasteiger partial charge in [0, 0.05) is 32.6 Å². The van der Waals surface area contributed by atoms with Crippen LogP contribution < -0.4 is 5.32 Å². The second-order valence-electron chi connectivity index (χ2n) is 9.05. The number of thioether (sulfide) groups is 2. The van der Waals surface area contributed by atoms with Crippen molar-refractivity contribution in [3.8, 4) is 11.1 Å². The molecule has 8 heteroatoms. The van der Waals surface area contributed by atoms with Gasteiger partial charge in [-0.25, -0.2) is 9.78 Å². The Bertz CT molecular complexity index is 1410. The number of hydrogen-bond acceptors (Lipinski definition) is 5. The lowest BCUT2D eigenvalue weighted by molar-refractivity contribution is 0.201. The average molecular weight is 538 g/mol.